The Kier molecular flexibility index (Phi) is 4.10. The summed E-state index contributed by atoms with van der Waals surface area (Å²) >= 11 is 0. The van der Waals surface area contributed by atoms with Crippen LogP contribution in [0.4, 0.5) is 0 Å². The van der Waals surface area contributed by atoms with Crippen molar-refractivity contribution in [1.82, 2.24) is 5.32 Å². The van der Waals surface area contributed by atoms with Crippen LogP contribution < -0.4 is 5.32 Å². The summed E-state index contributed by atoms with van der Waals surface area (Å²) in [6, 6.07) is 0.736. The molecule has 2 aliphatic carbocycles. The summed E-state index contributed by atoms with van der Waals surface area (Å²) in [5.41, 5.74) is 0. The van der Waals surface area contributed by atoms with Gasteiger partial charge in [0.1, 0.15) is 0 Å². The molecule has 15 heavy (non-hydrogen) atoms. The first-order valence-electron chi connectivity index (χ1n) is 6.79. The van der Waals surface area contributed by atoms with Gasteiger partial charge in [-0.25, -0.2) is 0 Å². The second kappa shape index (κ2) is 5.58. The van der Waals surface area contributed by atoms with E-state index in [-0.39, 0.29) is 0 Å². The molecule has 0 aromatic rings. The zero-order valence-electron chi connectivity index (χ0n) is 9.88. The van der Waals surface area contributed by atoms with Crippen molar-refractivity contribution in [1.29, 1.82) is 0 Å². The standard InChI is InChI=1S/C14H25N/c1-2-15-14-11-7-6-10-13(14)12-8-4-3-5-9-12/h2,12-15H,1,3-11H2. The zero-order valence-corrected chi connectivity index (χ0v) is 9.88. The quantitative estimate of drug-likeness (QED) is 0.741. The summed E-state index contributed by atoms with van der Waals surface area (Å²) in [5, 5.41) is 3.50. The molecule has 0 heterocycles. The van der Waals surface area contributed by atoms with Crippen molar-refractivity contribution >= 4 is 0 Å². The first-order chi connectivity index (χ1) is 7.42. The van der Waals surface area contributed by atoms with Gasteiger partial charge in [0, 0.05) is 6.04 Å². The van der Waals surface area contributed by atoms with Crippen LogP contribution in [0.15, 0.2) is 12.8 Å². The second-order valence-corrected chi connectivity index (χ2v) is 5.32. The third kappa shape index (κ3) is 2.76. The summed E-state index contributed by atoms with van der Waals surface area (Å²) in [5.74, 6) is 1.95. The van der Waals surface area contributed by atoms with Gasteiger partial charge in [-0.3, -0.25) is 0 Å². The maximum Gasteiger partial charge on any atom is 0.0286 e. The van der Waals surface area contributed by atoms with Gasteiger partial charge in [0.25, 0.3) is 0 Å². The van der Waals surface area contributed by atoms with Crippen LogP contribution in [0.25, 0.3) is 0 Å². The maximum absolute atomic E-state index is 3.82. The smallest absolute Gasteiger partial charge is 0.0286 e. The molecule has 0 spiro atoms. The van der Waals surface area contributed by atoms with Gasteiger partial charge < -0.3 is 5.32 Å². The largest absolute Gasteiger partial charge is 0.388 e. The van der Waals surface area contributed by atoms with Gasteiger partial charge in [-0.15, -0.1) is 0 Å². The molecule has 0 amide bonds. The molecule has 1 nitrogen and oxygen atoms in total. The second-order valence-electron chi connectivity index (χ2n) is 5.32. The highest BCUT2D eigenvalue weighted by Crippen LogP contribution is 2.38. The van der Waals surface area contributed by atoms with Gasteiger partial charge in [0.2, 0.25) is 0 Å². The fourth-order valence-electron chi connectivity index (χ4n) is 3.64. The van der Waals surface area contributed by atoms with Crippen LogP contribution in [0.5, 0.6) is 0 Å². The van der Waals surface area contributed by atoms with E-state index in [0.29, 0.717) is 0 Å². The molecule has 2 saturated carbocycles. The Hall–Kier alpha value is -0.460. The van der Waals surface area contributed by atoms with Gasteiger partial charge in [-0.05, 0) is 30.9 Å². The number of hydrogen-bond donors (Lipinski definition) is 1. The molecule has 2 unspecified atom stereocenters. The summed E-state index contributed by atoms with van der Waals surface area (Å²) in [6.07, 6.45) is 15.0. The normalized spacial score (nSPS) is 33.6. The van der Waals surface area contributed by atoms with E-state index in [4.69, 9.17) is 0 Å². The van der Waals surface area contributed by atoms with Crippen LogP contribution in [0.3, 0.4) is 0 Å². The molecule has 2 rings (SSSR count). The number of nitrogens with one attached hydrogen (secondary N) is 1. The topological polar surface area (TPSA) is 12.0 Å². The molecular formula is C14H25N. The molecule has 0 saturated heterocycles. The minimum atomic E-state index is 0.736. The lowest BCUT2D eigenvalue weighted by atomic mass is 9.71. The van der Waals surface area contributed by atoms with Crippen molar-refractivity contribution in [3.05, 3.63) is 12.8 Å². The van der Waals surface area contributed by atoms with Crippen LogP contribution in [0, 0.1) is 11.8 Å². The third-order valence-electron chi connectivity index (χ3n) is 4.41. The van der Waals surface area contributed by atoms with Crippen molar-refractivity contribution in [2.45, 2.75) is 63.8 Å². The third-order valence-corrected chi connectivity index (χ3v) is 4.41. The predicted octanol–water partition coefficient (Wildman–Crippen LogP) is 3.86. The molecule has 0 aromatic carbocycles. The fraction of sp³-hybridized carbons (Fsp3) is 0.857. The highest BCUT2D eigenvalue weighted by atomic mass is 14.9. The van der Waals surface area contributed by atoms with Gasteiger partial charge in [0.15, 0.2) is 0 Å². The van der Waals surface area contributed by atoms with E-state index in [0.717, 1.165) is 17.9 Å². The van der Waals surface area contributed by atoms with E-state index < -0.39 is 0 Å². The van der Waals surface area contributed by atoms with E-state index >= 15 is 0 Å². The fourth-order valence-corrected chi connectivity index (χ4v) is 3.64. The molecule has 1 heteroatoms. The molecule has 0 aromatic heterocycles. The summed E-state index contributed by atoms with van der Waals surface area (Å²) in [6.45, 7) is 3.82. The first kappa shape index (κ1) is 11.0. The van der Waals surface area contributed by atoms with Crippen molar-refractivity contribution in [2.24, 2.45) is 11.8 Å². The van der Waals surface area contributed by atoms with E-state index in [1.165, 1.54) is 57.8 Å². The Balaban J connectivity index is 1.93. The Morgan fingerprint density at radius 2 is 1.53 bits per heavy atom. The predicted molar refractivity (Wildman–Crippen MR) is 65.7 cm³/mol. The average Bonchev–Trinajstić information content (AvgIpc) is 2.31. The SMILES string of the molecule is C=CNC1CCCCC1C1CCCCC1. The van der Waals surface area contributed by atoms with Crippen LogP contribution in [0.1, 0.15) is 57.8 Å². The first-order valence-corrected chi connectivity index (χ1v) is 6.79. The lowest BCUT2D eigenvalue weighted by molar-refractivity contribution is 0.158. The molecule has 2 atom stereocenters. The Bertz CT molecular complexity index is 194. The average molecular weight is 207 g/mol. The minimum absolute atomic E-state index is 0.736. The molecule has 86 valence electrons. The van der Waals surface area contributed by atoms with Crippen molar-refractivity contribution in [2.75, 3.05) is 0 Å². The van der Waals surface area contributed by atoms with E-state index in [1.807, 2.05) is 6.20 Å². The van der Waals surface area contributed by atoms with Gasteiger partial charge >= 0.3 is 0 Å². The zero-order chi connectivity index (χ0) is 10.5. The monoisotopic (exact) mass is 207 g/mol. The molecule has 1 N–H and O–H groups in total. The highest BCUT2D eigenvalue weighted by Gasteiger charge is 2.31. The summed E-state index contributed by atoms with van der Waals surface area (Å²) in [4.78, 5) is 0. The summed E-state index contributed by atoms with van der Waals surface area (Å²) < 4.78 is 0. The van der Waals surface area contributed by atoms with Crippen LogP contribution >= 0.6 is 0 Å². The molecular weight excluding hydrogens is 182 g/mol. The Morgan fingerprint density at radius 1 is 0.867 bits per heavy atom. The minimum Gasteiger partial charge on any atom is -0.388 e. The van der Waals surface area contributed by atoms with Crippen LogP contribution in [0.2, 0.25) is 0 Å². The van der Waals surface area contributed by atoms with Gasteiger partial charge in [-0.1, -0.05) is 51.5 Å². The molecule has 0 aliphatic heterocycles. The highest BCUT2D eigenvalue weighted by molar-refractivity contribution is 4.89. The number of rotatable bonds is 3. The van der Waals surface area contributed by atoms with Crippen molar-refractivity contribution < 1.29 is 0 Å². The van der Waals surface area contributed by atoms with E-state index in [9.17, 15) is 0 Å². The van der Waals surface area contributed by atoms with E-state index in [2.05, 4.69) is 11.9 Å². The Morgan fingerprint density at radius 3 is 2.27 bits per heavy atom. The van der Waals surface area contributed by atoms with Crippen LogP contribution in [-0.2, 0) is 0 Å². The molecule has 0 radical (unpaired) electrons. The molecule has 2 fully saturated rings. The lowest BCUT2D eigenvalue weighted by Gasteiger charge is -2.39. The van der Waals surface area contributed by atoms with Crippen molar-refractivity contribution in [3.63, 3.8) is 0 Å². The molecule has 2 aliphatic rings. The van der Waals surface area contributed by atoms with Gasteiger partial charge in [-0.2, -0.15) is 0 Å². The van der Waals surface area contributed by atoms with Gasteiger partial charge in [0.05, 0.1) is 0 Å². The van der Waals surface area contributed by atoms with Crippen LogP contribution in [-0.4, -0.2) is 6.04 Å². The lowest BCUT2D eigenvalue weighted by Crippen LogP contribution is -2.40. The molecule has 0 bridgehead atoms. The Labute approximate surface area is 94.3 Å². The number of hydrogen-bond acceptors (Lipinski definition) is 1. The van der Waals surface area contributed by atoms with E-state index in [1.54, 1.807) is 0 Å². The summed E-state index contributed by atoms with van der Waals surface area (Å²) in [7, 11) is 0. The maximum atomic E-state index is 3.82. The van der Waals surface area contributed by atoms with Crippen molar-refractivity contribution in [3.8, 4) is 0 Å².